The number of rotatable bonds is 11. The molecular formula is C32H37NO3. The Bertz CT molecular complexity index is 1130. The van der Waals surface area contributed by atoms with Gasteiger partial charge in [0.05, 0.1) is 6.42 Å². The molecule has 3 aromatic carbocycles. The molecule has 0 aliphatic carbocycles. The monoisotopic (exact) mass is 483 g/mol. The Morgan fingerprint density at radius 1 is 0.861 bits per heavy atom. The molecule has 188 valence electrons. The Kier molecular flexibility index (Phi) is 9.46. The fourth-order valence-electron chi connectivity index (χ4n) is 4.99. The third-order valence-corrected chi connectivity index (χ3v) is 6.91. The lowest BCUT2D eigenvalue weighted by molar-refractivity contribution is -0.150. The molecule has 4 heteroatoms. The number of carbonyl (C=O) groups is 2. The van der Waals surface area contributed by atoms with Crippen LogP contribution in [0.5, 0.6) is 0 Å². The Morgan fingerprint density at radius 3 is 2.36 bits per heavy atom. The van der Waals surface area contributed by atoms with E-state index in [-0.39, 0.29) is 24.3 Å². The van der Waals surface area contributed by atoms with E-state index < -0.39 is 0 Å². The zero-order valence-corrected chi connectivity index (χ0v) is 21.3. The first-order chi connectivity index (χ1) is 17.6. The molecule has 1 aliphatic rings. The molecule has 0 atom stereocenters. The predicted octanol–water partition coefficient (Wildman–Crippen LogP) is 6.06. The number of hydrogen-bond acceptors (Lipinski definition) is 4. The van der Waals surface area contributed by atoms with Crippen molar-refractivity contribution < 1.29 is 14.3 Å². The zero-order valence-electron chi connectivity index (χ0n) is 21.3. The van der Waals surface area contributed by atoms with Crippen LogP contribution in [-0.2, 0) is 33.6 Å². The molecule has 1 saturated heterocycles. The Balaban J connectivity index is 1.19. The van der Waals surface area contributed by atoms with Gasteiger partial charge < -0.3 is 9.64 Å². The first kappa shape index (κ1) is 25.8. The highest BCUT2D eigenvalue weighted by atomic mass is 16.5. The van der Waals surface area contributed by atoms with Crippen molar-refractivity contribution in [3.63, 3.8) is 0 Å². The number of piperidine rings is 1. The van der Waals surface area contributed by atoms with Crippen LogP contribution in [0, 0.1) is 0 Å². The third kappa shape index (κ3) is 7.63. The van der Waals surface area contributed by atoms with Crippen molar-refractivity contribution >= 4 is 11.8 Å². The molecule has 1 fully saturated rings. The first-order valence-electron chi connectivity index (χ1n) is 13.3. The lowest BCUT2D eigenvalue weighted by atomic mass is 9.98. The number of ether oxygens (including phenoxy) is 1. The molecule has 0 saturated carbocycles. The van der Waals surface area contributed by atoms with Crippen molar-refractivity contribution in [1.29, 1.82) is 0 Å². The van der Waals surface area contributed by atoms with Gasteiger partial charge >= 0.3 is 5.97 Å². The van der Waals surface area contributed by atoms with Crippen LogP contribution >= 0.6 is 0 Å². The van der Waals surface area contributed by atoms with Crippen LogP contribution in [0.1, 0.15) is 49.3 Å². The second kappa shape index (κ2) is 13.2. The quantitative estimate of drug-likeness (QED) is 0.311. The summed E-state index contributed by atoms with van der Waals surface area (Å²) in [7, 11) is 0. The summed E-state index contributed by atoms with van der Waals surface area (Å²) >= 11 is 0. The van der Waals surface area contributed by atoms with Gasteiger partial charge in [-0.15, -0.1) is 0 Å². The second-order valence-electron chi connectivity index (χ2n) is 9.77. The van der Waals surface area contributed by atoms with Crippen LogP contribution in [0.3, 0.4) is 0 Å². The minimum atomic E-state index is -0.169. The molecule has 0 amide bonds. The fourth-order valence-corrected chi connectivity index (χ4v) is 4.99. The predicted molar refractivity (Wildman–Crippen MR) is 145 cm³/mol. The topological polar surface area (TPSA) is 46.6 Å². The maximum atomic E-state index is 12.7. The van der Waals surface area contributed by atoms with Gasteiger partial charge in [-0.1, -0.05) is 92.2 Å². The van der Waals surface area contributed by atoms with Crippen molar-refractivity contribution in [2.75, 3.05) is 19.6 Å². The summed E-state index contributed by atoms with van der Waals surface area (Å²) in [5.41, 5.74) is 5.60. The average molecular weight is 484 g/mol. The number of aryl methyl sites for hydroxylation is 1. The van der Waals surface area contributed by atoms with Crippen LogP contribution in [0.4, 0.5) is 0 Å². The van der Waals surface area contributed by atoms with Crippen molar-refractivity contribution in [1.82, 2.24) is 4.90 Å². The standard InChI is InChI=1S/C32H37NO3/c1-2-9-25-10-8-11-26(22-25)23-29(34)16-19-33-20-17-30(18-21-33)36-32(35)24-28-14-6-7-15-31(28)27-12-4-3-5-13-27/h3-8,10-15,22,30H,2,9,16-21,23-24H2,1H3. The summed E-state index contributed by atoms with van der Waals surface area (Å²) < 4.78 is 5.84. The molecule has 4 rings (SSSR count). The highest BCUT2D eigenvalue weighted by Gasteiger charge is 2.23. The lowest BCUT2D eigenvalue weighted by Crippen LogP contribution is -2.39. The molecule has 1 heterocycles. The summed E-state index contributed by atoms with van der Waals surface area (Å²) in [6.07, 6.45) is 5.12. The Labute approximate surface area is 215 Å². The molecule has 0 aromatic heterocycles. The lowest BCUT2D eigenvalue weighted by Gasteiger charge is -2.31. The molecule has 36 heavy (non-hydrogen) atoms. The zero-order chi connectivity index (χ0) is 25.2. The van der Waals surface area contributed by atoms with Gasteiger partial charge in [-0.25, -0.2) is 0 Å². The smallest absolute Gasteiger partial charge is 0.310 e. The van der Waals surface area contributed by atoms with E-state index in [1.54, 1.807) is 0 Å². The number of ketones is 1. The van der Waals surface area contributed by atoms with Crippen molar-refractivity contribution in [2.45, 2.75) is 58.0 Å². The maximum absolute atomic E-state index is 12.7. The summed E-state index contributed by atoms with van der Waals surface area (Å²) in [6, 6.07) is 26.6. The number of esters is 1. The van der Waals surface area contributed by atoms with Crippen molar-refractivity contribution in [3.05, 3.63) is 95.6 Å². The summed E-state index contributed by atoms with van der Waals surface area (Å²) in [5, 5.41) is 0. The normalized spacial score (nSPS) is 14.5. The molecular weight excluding hydrogens is 446 g/mol. The molecule has 4 nitrogen and oxygen atoms in total. The highest BCUT2D eigenvalue weighted by Crippen LogP contribution is 2.24. The van der Waals surface area contributed by atoms with Gasteiger partial charge in [-0.3, -0.25) is 9.59 Å². The summed E-state index contributed by atoms with van der Waals surface area (Å²) in [5.74, 6) is 0.117. The van der Waals surface area contributed by atoms with Crippen molar-refractivity contribution in [2.24, 2.45) is 0 Å². The number of carbonyl (C=O) groups excluding carboxylic acids is 2. The van der Waals surface area contributed by atoms with Gasteiger partial charge in [0, 0.05) is 32.5 Å². The van der Waals surface area contributed by atoms with E-state index in [1.165, 1.54) is 5.56 Å². The van der Waals surface area contributed by atoms with Crippen molar-refractivity contribution in [3.8, 4) is 11.1 Å². The largest absolute Gasteiger partial charge is 0.462 e. The van der Waals surface area contributed by atoms with Gasteiger partial charge in [0.15, 0.2) is 0 Å². The van der Waals surface area contributed by atoms with E-state index >= 15 is 0 Å². The van der Waals surface area contributed by atoms with E-state index in [0.717, 1.165) is 67.6 Å². The molecule has 0 N–H and O–H groups in total. The van der Waals surface area contributed by atoms with E-state index in [9.17, 15) is 9.59 Å². The number of likely N-dealkylation sites (tertiary alicyclic amines) is 1. The molecule has 0 bridgehead atoms. The van der Waals surface area contributed by atoms with Gasteiger partial charge in [-0.2, -0.15) is 0 Å². The van der Waals surface area contributed by atoms with E-state index in [2.05, 4.69) is 54.3 Å². The van der Waals surface area contributed by atoms with E-state index in [1.807, 2.05) is 36.4 Å². The molecule has 0 spiro atoms. The number of nitrogens with zero attached hydrogens (tertiary/aromatic N) is 1. The minimum absolute atomic E-state index is 0.0466. The SMILES string of the molecule is CCCc1cccc(CC(=O)CCN2CCC(OC(=O)Cc3ccccc3-c3ccccc3)CC2)c1. The van der Waals surface area contributed by atoms with Crippen LogP contribution in [0.2, 0.25) is 0 Å². The van der Waals surface area contributed by atoms with E-state index in [4.69, 9.17) is 4.74 Å². The molecule has 3 aromatic rings. The van der Waals surface area contributed by atoms with Gasteiger partial charge in [0.1, 0.15) is 11.9 Å². The highest BCUT2D eigenvalue weighted by molar-refractivity contribution is 5.81. The number of benzene rings is 3. The second-order valence-corrected chi connectivity index (χ2v) is 9.77. The maximum Gasteiger partial charge on any atom is 0.310 e. The van der Waals surface area contributed by atoms with Gasteiger partial charge in [-0.05, 0) is 47.1 Å². The third-order valence-electron chi connectivity index (χ3n) is 6.91. The number of Topliss-reactive ketones (excluding diaryl/α,β-unsaturated/α-hetero) is 1. The van der Waals surface area contributed by atoms with Crippen LogP contribution in [0.15, 0.2) is 78.9 Å². The molecule has 1 aliphatic heterocycles. The van der Waals surface area contributed by atoms with E-state index in [0.29, 0.717) is 12.8 Å². The van der Waals surface area contributed by atoms with Gasteiger partial charge in [0.25, 0.3) is 0 Å². The fraction of sp³-hybridized carbons (Fsp3) is 0.375. The summed E-state index contributed by atoms with van der Waals surface area (Å²) in [4.78, 5) is 27.6. The first-order valence-corrected chi connectivity index (χ1v) is 13.3. The Hall–Kier alpha value is -3.24. The van der Waals surface area contributed by atoms with Crippen LogP contribution in [0.25, 0.3) is 11.1 Å². The molecule has 0 radical (unpaired) electrons. The minimum Gasteiger partial charge on any atom is -0.462 e. The number of hydrogen-bond donors (Lipinski definition) is 0. The molecule has 0 unspecified atom stereocenters. The summed E-state index contributed by atoms with van der Waals surface area (Å²) in [6.45, 7) is 4.67. The van der Waals surface area contributed by atoms with Gasteiger partial charge in [0.2, 0.25) is 0 Å². The Morgan fingerprint density at radius 2 is 1.58 bits per heavy atom. The average Bonchev–Trinajstić information content (AvgIpc) is 2.89. The van der Waals surface area contributed by atoms with Crippen LogP contribution < -0.4 is 0 Å². The van der Waals surface area contributed by atoms with Crippen LogP contribution in [-0.4, -0.2) is 42.4 Å².